The molecule has 0 unspecified atom stereocenters. The van der Waals surface area contributed by atoms with Gasteiger partial charge in [0.2, 0.25) is 4.96 Å². The van der Waals surface area contributed by atoms with Crippen molar-refractivity contribution in [2.75, 3.05) is 12.8 Å². The van der Waals surface area contributed by atoms with E-state index in [2.05, 4.69) is 16.1 Å². The molecule has 6 heteroatoms. The van der Waals surface area contributed by atoms with E-state index in [4.69, 9.17) is 10.5 Å². The van der Waals surface area contributed by atoms with Crippen molar-refractivity contribution in [3.8, 4) is 5.75 Å². The number of nitrogens with two attached hydrogens (primary N) is 1. The van der Waals surface area contributed by atoms with Crippen LogP contribution in [0.25, 0.3) is 4.96 Å². The molecular formula is C13H14N4OS. The molecule has 5 nitrogen and oxygen atoms in total. The van der Waals surface area contributed by atoms with Gasteiger partial charge in [-0.05, 0) is 18.1 Å². The van der Waals surface area contributed by atoms with E-state index in [0.29, 0.717) is 5.82 Å². The number of nitrogen functional groups attached to an aromatic ring is 1. The number of aromatic nitrogens is 3. The number of aryl methyl sites for hydroxylation is 2. The summed E-state index contributed by atoms with van der Waals surface area (Å²) in [5, 5.41) is 5.51. The van der Waals surface area contributed by atoms with Gasteiger partial charge in [-0.2, -0.15) is 5.10 Å². The first-order chi connectivity index (χ1) is 9.26. The van der Waals surface area contributed by atoms with Crippen molar-refractivity contribution in [2.45, 2.75) is 12.8 Å². The molecule has 1 aromatic carbocycles. The number of hydrogen-bond acceptors (Lipinski definition) is 5. The number of para-hydroxylation sites is 1. The molecule has 0 aliphatic rings. The summed E-state index contributed by atoms with van der Waals surface area (Å²) in [5.74, 6) is 1.43. The van der Waals surface area contributed by atoms with E-state index >= 15 is 0 Å². The number of benzene rings is 1. The number of rotatable bonds is 4. The predicted molar refractivity (Wildman–Crippen MR) is 75.7 cm³/mol. The monoisotopic (exact) mass is 274 g/mol. The standard InChI is InChI=1S/C13H14N4OS/c1-18-10-5-3-2-4-9(10)6-7-12-16-17-8-11(14)15-13(17)19-12/h2-5,8H,6-7,14H2,1H3. The van der Waals surface area contributed by atoms with Crippen LogP contribution in [0.15, 0.2) is 30.5 Å². The summed E-state index contributed by atoms with van der Waals surface area (Å²) in [4.78, 5) is 5.03. The fourth-order valence-corrected chi connectivity index (χ4v) is 2.89. The second-order valence-electron chi connectivity index (χ2n) is 4.20. The second kappa shape index (κ2) is 4.89. The lowest BCUT2D eigenvalue weighted by molar-refractivity contribution is 0.409. The molecule has 2 N–H and O–H groups in total. The first-order valence-electron chi connectivity index (χ1n) is 5.99. The molecule has 0 aliphatic heterocycles. The first-order valence-corrected chi connectivity index (χ1v) is 6.80. The Morgan fingerprint density at radius 1 is 1.32 bits per heavy atom. The SMILES string of the molecule is COc1ccccc1CCc1nn2cc(N)nc2s1. The van der Waals surface area contributed by atoms with Gasteiger partial charge in [-0.15, -0.1) is 0 Å². The highest BCUT2D eigenvalue weighted by Crippen LogP contribution is 2.21. The Morgan fingerprint density at radius 2 is 2.16 bits per heavy atom. The van der Waals surface area contributed by atoms with Gasteiger partial charge in [-0.1, -0.05) is 29.5 Å². The fraction of sp³-hybridized carbons (Fsp3) is 0.231. The summed E-state index contributed by atoms with van der Waals surface area (Å²) in [5.41, 5.74) is 6.80. The summed E-state index contributed by atoms with van der Waals surface area (Å²) < 4.78 is 7.08. The van der Waals surface area contributed by atoms with Gasteiger partial charge >= 0.3 is 0 Å². The average Bonchev–Trinajstić information content (AvgIpc) is 2.93. The minimum absolute atomic E-state index is 0.509. The van der Waals surface area contributed by atoms with Gasteiger partial charge in [-0.25, -0.2) is 9.50 Å². The number of imidazole rings is 1. The number of ether oxygens (including phenoxy) is 1. The van der Waals surface area contributed by atoms with Crippen LogP contribution in [0, 0.1) is 0 Å². The lowest BCUT2D eigenvalue weighted by Gasteiger charge is -2.06. The molecule has 0 radical (unpaired) electrons. The van der Waals surface area contributed by atoms with Crippen molar-refractivity contribution in [2.24, 2.45) is 0 Å². The van der Waals surface area contributed by atoms with Crippen LogP contribution < -0.4 is 10.5 Å². The molecule has 0 saturated heterocycles. The van der Waals surface area contributed by atoms with Gasteiger partial charge < -0.3 is 10.5 Å². The van der Waals surface area contributed by atoms with E-state index in [0.717, 1.165) is 28.6 Å². The maximum absolute atomic E-state index is 5.61. The summed E-state index contributed by atoms with van der Waals surface area (Å²) in [6, 6.07) is 8.05. The van der Waals surface area contributed by atoms with Crippen LogP contribution in [0.5, 0.6) is 5.75 Å². The van der Waals surface area contributed by atoms with Gasteiger partial charge in [0.25, 0.3) is 0 Å². The normalized spacial score (nSPS) is 11.0. The third kappa shape index (κ3) is 2.39. The molecule has 2 aromatic heterocycles. The van der Waals surface area contributed by atoms with Crippen molar-refractivity contribution in [1.29, 1.82) is 0 Å². The molecule has 0 spiro atoms. The van der Waals surface area contributed by atoms with Gasteiger partial charge in [0.15, 0.2) is 0 Å². The van der Waals surface area contributed by atoms with Crippen molar-refractivity contribution < 1.29 is 4.74 Å². The highest BCUT2D eigenvalue weighted by atomic mass is 32.1. The molecule has 19 heavy (non-hydrogen) atoms. The van der Waals surface area contributed by atoms with Gasteiger partial charge in [0, 0.05) is 6.42 Å². The minimum Gasteiger partial charge on any atom is -0.496 e. The molecular weight excluding hydrogens is 260 g/mol. The van der Waals surface area contributed by atoms with E-state index in [1.807, 2.05) is 18.2 Å². The molecule has 0 atom stereocenters. The Labute approximate surface area is 114 Å². The molecule has 0 fully saturated rings. The van der Waals surface area contributed by atoms with Crippen LogP contribution in [-0.2, 0) is 12.8 Å². The zero-order chi connectivity index (χ0) is 13.2. The van der Waals surface area contributed by atoms with Crippen molar-refractivity contribution in [3.05, 3.63) is 41.0 Å². The largest absolute Gasteiger partial charge is 0.496 e. The summed E-state index contributed by atoms with van der Waals surface area (Å²) in [6.07, 6.45) is 3.50. The minimum atomic E-state index is 0.509. The Hall–Kier alpha value is -2.08. The summed E-state index contributed by atoms with van der Waals surface area (Å²) in [7, 11) is 1.69. The predicted octanol–water partition coefficient (Wildman–Crippen LogP) is 2.17. The van der Waals surface area contributed by atoms with Crippen LogP contribution in [0.2, 0.25) is 0 Å². The molecule has 0 amide bonds. The Balaban J connectivity index is 1.76. The highest BCUT2D eigenvalue weighted by molar-refractivity contribution is 7.16. The maximum atomic E-state index is 5.61. The molecule has 0 bridgehead atoms. The Morgan fingerprint density at radius 3 is 2.95 bits per heavy atom. The molecule has 2 heterocycles. The number of nitrogens with zero attached hydrogens (tertiary/aromatic N) is 3. The Kier molecular flexibility index (Phi) is 3.08. The molecule has 3 aromatic rings. The Bertz CT molecular complexity index is 672. The van der Waals surface area contributed by atoms with E-state index in [1.165, 1.54) is 5.56 Å². The third-order valence-corrected chi connectivity index (χ3v) is 3.89. The van der Waals surface area contributed by atoms with Crippen LogP contribution in [0.1, 0.15) is 10.6 Å². The van der Waals surface area contributed by atoms with E-state index in [-0.39, 0.29) is 0 Å². The second-order valence-corrected chi connectivity index (χ2v) is 5.24. The molecule has 0 aliphatic carbocycles. The third-order valence-electron chi connectivity index (χ3n) is 2.90. The van der Waals surface area contributed by atoms with Crippen LogP contribution in [0.3, 0.4) is 0 Å². The lowest BCUT2D eigenvalue weighted by atomic mass is 10.1. The van der Waals surface area contributed by atoms with Crippen molar-refractivity contribution in [1.82, 2.24) is 14.6 Å². The molecule has 0 saturated carbocycles. The molecule has 98 valence electrons. The van der Waals surface area contributed by atoms with Crippen LogP contribution in [-0.4, -0.2) is 21.7 Å². The van der Waals surface area contributed by atoms with Gasteiger partial charge in [-0.3, -0.25) is 0 Å². The smallest absolute Gasteiger partial charge is 0.214 e. The van der Waals surface area contributed by atoms with Gasteiger partial charge in [0.1, 0.15) is 16.6 Å². The number of methoxy groups -OCH3 is 1. The highest BCUT2D eigenvalue weighted by Gasteiger charge is 2.08. The van der Waals surface area contributed by atoms with E-state index < -0.39 is 0 Å². The van der Waals surface area contributed by atoms with Crippen LogP contribution >= 0.6 is 11.3 Å². The topological polar surface area (TPSA) is 65.4 Å². The maximum Gasteiger partial charge on any atom is 0.214 e. The van der Waals surface area contributed by atoms with Crippen LogP contribution in [0.4, 0.5) is 5.82 Å². The zero-order valence-corrected chi connectivity index (χ0v) is 11.4. The fourth-order valence-electron chi connectivity index (χ4n) is 2.01. The number of fused-ring (bicyclic) bond motifs is 1. The first kappa shape index (κ1) is 12.0. The average molecular weight is 274 g/mol. The summed E-state index contributed by atoms with van der Waals surface area (Å²) >= 11 is 1.57. The number of hydrogen-bond donors (Lipinski definition) is 1. The van der Waals surface area contributed by atoms with Crippen molar-refractivity contribution >= 4 is 22.1 Å². The van der Waals surface area contributed by atoms with Gasteiger partial charge in [0.05, 0.1) is 13.3 Å². The zero-order valence-electron chi connectivity index (χ0n) is 10.5. The van der Waals surface area contributed by atoms with E-state index in [9.17, 15) is 0 Å². The summed E-state index contributed by atoms with van der Waals surface area (Å²) in [6.45, 7) is 0. The lowest BCUT2D eigenvalue weighted by Crippen LogP contribution is -1.95. The molecule has 3 rings (SSSR count). The quantitative estimate of drug-likeness (QED) is 0.792. The van der Waals surface area contributed by atoms with E-state index in [1.54, 1.807) is 29.2 Å². The van der Waals surface area contributed by atoms with Crippen molar-refractivity contribution in [3.63, 3.8) is 0 Å². The number of anilines is 1.